The zero-order valence-electron chi connectivity index (χ0n) is 9.13. The van der Waals surface area contributed by atoms with Crippen LogP contribution in [-0.4, -0.2) is 22.1 Å². The highest BCUT2D eigenvalue weighted by Crippen LogP contribution is 2.36. The Morgan fingerprint density at radius 2 is 2.00 bits per heavy atom. The number of hydrazine groups is 1. The average Bonchev–Trinajstić information content (AvgIpc) is 2.75. The first-order valence-electron chi connectivity index (χ1n) is 5.88. The molecule has 0 amide bonds. The van der Waals surface area contributed by atoms with Gasteiger partial charge >= 0.3 is 0 Å². The Hall–Kier alpha value is -1.04. The van der Waals surface area contributed by atoms with Gasteiger partial charge in [0.05, 0.1) is 6.04 Å². The largest absolute Gasteiger partial charge is 0.326 e. The number of hydrogen-bond donors (Lipinski definition) is 3. The fourth-order valence-corrected chi connectivity index (χ4v) is 2.95. The fourth-order valence-electron chi connectivity index (χ4n) is 2.95. The van der Waals surface area contributed by atoms with Crippen LogP contribution in [0.5, 0.6) is 0 Å². The Morgan fingerprint density at radius 1 is 1.19 bits per heavy atom. The minimum absolute atomic E-state index is 0.265. The highest BCUT2D eigenvalue weighted by molar-refractivity contribution is 5.15. The van der Waals surface area contributed by atoms with Crippen molar-refractivity contribution < 1.29 is 0 Å². The molecule has 3 rings (SSSR count). The van der Waals surface area contributed by atoms with Gasteiger partial charge in [-0.2, -0.15) is 0 Å². The lowest BCUT2D eigenvalue weighted by Crippen LogP contribution is -2.48. The van der Waals surface area contributed by atoms with Gasteiger partial charge in [0, 0.05) is 30.0 Å². The highest BCUT2D eigenvalue weighted by Gasteiger charge is 2.41. The lowest BCUT2D eigenvalue weighted by molar-refractivity contribution is 0.273. The molecular weight excluding hydrogens is 202 g/mol. The van der Waals surface area contributed by atoms with E-state index in [-0.39, 0.29) is 6.04 Å². The van der Waals surface area contributed by atoms with Crippen LogP contribution >= 0.6 is 0 Å². The predicted molar refractivity (Wildman–Crippen MR) is 60.1 cm³/mol. The summed E-state index contributed by atoms with van der Waals surface area (Å²) in [5.41, 5.74) is 13.9. The standard InChI is InChI=1S/C11H17N5/c12-9-3-1-2-8-10(15-16-11(8)9)7-4-13-6-14-5-7/h4-6,8-11,15-16H,1-3,12H2. The fraction of sp³-hybridized carbons (Fsp3) is 0.636. The smallest absolute Gasteiger partial charge is 0.115 e. The van der Waals surface area contributed by atoms with Crippen LogP contribution in [0.3, 0.4) is 0 Å². The van der Waals surface area contributed by atoms with Gasteiger partial charge in [0.25, 0.3) is 0 Å². The van der Waals surface area contributed by atoms with E-state index in [2.05, 4.69) is 20.8 Å². The lowest BCUT2D eigenvalue weighted by Gasteiger charge is -2.32. The Kier molecular flexibility index (Phi) is 2.59. The first-order valence-corrected chi connectivity index (χ1v) is 5.88. The van der Waals surface area contributed by atoms with E-state index in [1.165, 1.54) is 12.8 Å². The maximum atomic E-state index is 6.13. The van der Waals surface area contributed by atoms with Gasteiger partial charge in [0.1, 0.15) is 6.33 Å². The Balaban J connectivity index is 1.83. The monoisotopic (exact) mass is 219 g/mol. The number of hydrogen-bond acceptors (Lipinski definition) is 5. The van der Waals surface area contributed by atoms with Gasteiger partial charge in [-0.1, -0.05) is 6.42 Å². The predicted octanol–water partition coefficient (Wildman–Crippen LogP) is 0.122. The molecule has 5 heteroatoms. The molecule has 5 nitrogen and oxygen atoms in total. The van der Waals surface area contributed by atoms with Crippen molar-refractivity contribution in [2.45, 2.75) is 37.4 Å². The molecule has 1 aliphatic heterocycles. The Labute approximate surface area is 94.8 Å². The third-order valence-electron chi connectivity index (χ3n) is 3.77. The first-order chi connectivity index (χ1) is 7.86. The summed E-state index contributed by atoms with van der Waals surface area (Å²) in [5.74, 6) is 0.565. The normalized spacial score (nSPS) is 38.3. The summed E-state index contributed by atoms with van der Waals surface area (Å²) in [4.78, 5) is 8.15. The number of nitrogens with one attached hydrogen (secondary N) is 2. The van der Waals surface area contributed by atoms with E-state index in [9.17, 15) is 0 Å². The molecule has 1 saturated carbocycles. The molecule has 0 aromatic carbocycles. The van der Waals surface area contributed by atoms with E-state index in [1.54, 1.807) is 6.33 Å². The lowest BCUT2D eigenvalue weighted by atomic mass is 9.78. The minimum atomic E-state index is 0.265. The van der Waals surface area contributed by atoms with Crippen molar-refractivity contribution in [1.82, 2.24) is 20.8 Å². The van der Waals surface area contributed by atoms with Gasteiger partial charge in [0.2, 0.25) is 0 Å². The number of nitrogens with zero attached hydrogens (tertiary/aromatic N) is 2. The van der Waals surface area contributed by atoms with Crippen LogP contribution < -0.4 is 16.6 Å². The maximum Gasteiger partial charge on any atom is 0.115 e. The van der Waals surface area contributed by atoms with Crippen LogP contribution in [0.1, 0.15) is 30.9 Å². The summed E-state index contributed by atoms with van der Waals surface area (Å²) in [6, 6.07) is 0.956. The number of aromatic nitrogens is 2. The number of rotatable bonds is 1. The number of fused-ring (bicyclic) bond motifs is 1. The van der Waals surface area contributed by atoms with Crippen LogP contribution in [0.15, 0.2) is 18.7 Å². The molecule has 0 bridgehead atoms. The molecule has 0 spiro atoms. The summed E-state index contributed by atoms with van der Waals surface area (Å²) < 4.78 is 0. The van der Waals surface area contributed by atoms with Crippen LogP contribution in [-0.2, 0) is 0 Å². The van der Waals surface area contributed by atoms with Crippen LogP contribution in [0.2, 0.25) is 0 Å². The zero-order valence-corrected chi connectivity index (χ0v) is 9.13. The maximum absolute atomic E-state index is 6.13. The van der Waals surface area contributed by atoms with Crippen LogP contribution in [0, 0.1) is 5.92 Å². The summed E-state index contributed by atoms with van der Waals surface area (Å²) >= 11 is 0. The molecule has 2 aliphatic rings. The summed E-state index contributed by atoms with van der Waals surface area (Å²) in [5, 5.41) is 0. The summed E-state index contributed by atoms with van der Waals surface area (Å²) in [6.45, 7) is 0. The average molecular weight is 219 g/mol. The van der Waals surface area contributed by atoms with E-state index in [4.69, 9.17) is 5.73 Å². The Bertz CT molecular complexity index is 355. The zero-order chi connectivity index (χ0) is 11.0. The van der Waals surface area contributed by atoms with E-state index in [1.807, 2.05) is 12.4 Å². The SMILES string of the molecule is NC1CCCC2C(c3cncnc3)NNC12. The summed E-state index contributed by atoms with van der Waals surface area (Å²) in [6.07, 6.45) is 8.89. The van der Waals surface area contributed by atoms with E-state index in [0.29, 0.717) is 18.0 Å². The van der Waals surface area contributed by atoms with Crippen molar-refractivity contribution in [2.75, 3.05) is 0 Å². The third kappa shape index (κ3) is 1.61. The van der Waals surface area contributed by atoms with E-state index in [0.717, 1.165) is 12.0 Å². The molecule has 1 aromatic rings. The second-order valence-corrected chi connectivity index (χ2v) is 4.72. The first kappa shape index (κ1) is 10.1. The topological polar surface area (TPSA) is 75.9 Å². The van der Waals surface area contributed by atoms with Crippen molar-refractivity contribution in [3.63, 3.8) is 0 Å². The molecule has 86 valence electrons. The molecular formula is C11H17N5. The van der Waals surface area contributed by atoms with E-state index < -0.39 is 0 Å². The van der Waals surface area contributed by atoms with Crippen molar-refractivity contribution >= 4 is 0 Å². The molecule has 4 unspecified atom stereocenters. The Morgan fingerprint density at radius 3 is 2.81 bits per heavy atom. The van der Waals surface area contributed by atoms with Crippen LogP contribution in [0.25, 0.3) is 0 Å². The van der Waals surface area contributed by atoms with Gasteiger partial charge in [-0.3, -0.25) is 5.43 Å². The molecule has 0 radical (unpaired) electrons. The molecule has 4 atom stereocenters. The van der Waals surface area contributed by atoms with Crippen molar-refractivity contribution in [1.29, 1.82) is 0 Å². The second kappa shape index (κ2) is 4.08. The van der Waals surface area contributed by atoms with Crippen molar-refractivity contribution in [3.05, 3.63) is 24.3 Å². The highest BCUT2D eigenvalue weighted by atomic mass is 15.4. The minimum Gasteiger partial charge on any atom is -0.326 e. The van der Waals surface area contributed by atoms with Gasteiger partial charge in [-0.05, 0) is 18.8 Å². The van der Waals surface area contributed by atoms with Crippen LogP contribution in [0.4, 0.5) is 0 Å². The quantitative estimate of drug-likeness (QED) is 0.625. The third-order valence-corrected chi connectivity index (χ3v) is 3.77. The van der Waals surface area contributed by atoms with Gasteiger partial charge < -0.3 is 5.73 Å². The molecule has 1 aliphatic carbocycles. The molecule has 1 aromatic heterocycles. The molecule has 16 heavy (non-hydrogen) atoms. The molecule has 2 heterocycles. The summed E-state index contributed by atoms with van der Waals surface area (Å²) in [7, 11) is 0. The van der Waals surface area contributed by atoms with Crippen molar-refractivity contribution in [2.24, 2.45) is 11.7 Å². The van der Waals surface area contributed by atoms with Gasteiger partial charge in [-0.25, -0.2) is 15.4 Å². The molecule has 1 saturated heterocycles. The molecule has 4 N–H and O–H groups in total. The van der Waals surface area contributed by atoms with Crippen molar-refractivity contribution in [3.8, 4) is 0 Å². The van der Waals surface area contributed by atoms with Gasteiger partial charge in [-0.15, -0.1) is 0 Å². The van der Waals surface area contributed by atoms with E-state index >= 15 is 0 Å². The number of nitrogens with two attached hydrogens (primary N) is 1. The molecule has 2 fully saturated rings. The second-order valence-electron chi connectivity index (χ2n) is 4.72. The van der Waals surface area contributed by atoms with Gasteiger partial charge in [0.15, 0.2) is 0 Å².